The standard InChI is InChI=1S/C11H9ClN2O2S/c12-7-3-8(5-13-4-7)14-6-9-1-2-10(17-9)11(15)16/h1-5,14H,6H2,(H,15,16). The van der Waals surface area contributed by atoms with E-state index in [1.165, 1.54) is 11.3 Å². The summed E-state index contributed by atoms with van der Waals surface area (Å²) in [5, 5.41) is 12.5. The van der Waals surface area contributed by atoms with Crippen LogP contribution in [0, 0.1) is 0 Å². The number of aromatic carboxylic acids is 1. The van der Waals surface area contributed by atoms with Gasteiger partial charge in [0, 0.05) is 17.6 Å². The lowest BCUT2D eigenvalue weighted by Gasteiger charge is -2.03. The molecule has 0 aliphatic carbocycles. The van der Waals surface area contributed by atoms with Crippen LogP contribution in [0.1, 0.15) is 14.5 Å². The molecule has 0 radical (unpaired) electrons. The van der Waals surface area contributed by atoms with Crippen molar-refractivity contribution in [2.75, 3.05) is 5.32 Å². The van der Waals surface area contributed by atoms with E-state index in [2.05, 4.69) is 10.3 Å². The molecule has 88 valence electrons. The van der Waals surface area contributed by atoms with Gasteiger partial charge in [-0.3, -0.25) is 4.98 Å². The third kappa shape index (κ3) is 3.18. The van der Waals surface area contributed by atoms with E-state index in [9.17, 15) is 4.79 Å². The zero-order chi connectivity index (χ0) is 12.3. The number of pyridine rings is 1. The summed E-state index contributed by atoms with van der Waals surface area (Å²) in [6.45, 7) is 0.556. The molecule has 4 nitrogen and oxygen atoms in total. The van der Waals surface area contributed by atoms with E-state index in [1.54, 1.807) is 30.6 Å². The molecule has 2 aromatic rings. The molecule has 6 heteroatoms. The van der Waals surface area contributed by atoms with Crippen LogP contribution < -0.4 is 5.32 Å². The van der Waals surface area contributed by atoms with Gasteiger partial charge in [-0.05, 0) is 18.2 Å². The number of hydrogen-bond acceptors (Lipinski definition) is 4. The number of hydrogen-bond donors (Lipinski definition) is 2. The Kier molecular flexibility index (Phi) is 3.61. The number of thiophene rings is 1. The first-order valence-corrected chi connectivity index (χ1v) is 6.01. The Morgan fingerprint density at radius 3 is 2.94 bits per heavy atom. The first-order valence-electron chi connectivity index (χ1n) is 4.81. The maximum Gasteiger partial charge on any atom is 0.345 e. The molecule has 0 unspecified atom stereocenters. The molecule has 0 aliphatic heterocycles. The molecule has 0 atom stereocenters. The zero-order valence-electron chi connectivity index (χ0n) is 8.68. The minimum atomic E-state index is -0.898. The summed E-state index contributed by atoms with van der Waals surface area (Å²) in [6.07, 6.45) is 3.22. The van der Waals surface area contributed by atoms with Gasteiger partial charge in [0.05, 0.1) is 16.9 Å². The SMILES string of the molecule is O=C(O)c1ccc(CNc2cncc(Cl)c2)s1. The van der Waals surface area contributed by atoms with Gasteiger partial charge in [-0.1, -0.05) is 11.6 Å². The van der Waals surface area contributed by atoms with Gasteiger partial charge in [0.1, 0.15) is 4.88 Å². The number of halogens is 1. The summed E-state index contributed by atoms with van der Waals surface area (Å²) < 4.78 is 0. The second-order valence-corrected chi connectivity index (χ2v) is 4.92. The van der Waals surface area contributed by atoms with Crippen molar-refractivity contribution in [1.82, 2.24) is 4.98 Å². The Labute approximate surface area is 107 Å². The van der Waals surface area contributed by atoms with Crippen molar-refractivity contribution in [1.29, 1.82) is 0 Å². The highest BCUT2D eigenvalue weighted by Gasteiger charge is 2.06. The molecule has 2 N–H and O–H groups in total. The number of aromatic nitrogens is 1. The molecule has 0 saturated carbocycles. The summed E-state index contributed by atoms with van der Waals surface area (Å²) >= 11 is 7.04. The van der Waals surface area contributed by atoms with Gasteiger partial charge in [-0.15, -0.1) is 11.3 Å². The fourth-order valence-electron chi connectivity index (χ4n) is 1.29. The molecule has 0 saturated heterocycles. The fraction of sp³-hybridized carbons (Fsp3) is 0.0909. The van der Waals surface area contributed by atoms with E-state index in [4.69, 9.17) is 16.7 Å². The summed E-state index contributed by atoms with van der Waals surface area (Å²) in [5.74, 6) is -0.898. The van der Waals surface area contributed by atoms with Crippen LogP contribution in [-0.4, -0.2) is 16.1 Å². The first-order chi connectivity index (χ1) is 8.15. The second kappa shape index (κ2) is 5.16. The van der Waals surface area contributed by atoms with Gasteiger partial charge in [0.25, 0.3) is 0 Å². The fourth-order valence-corrected chi connectivity index (χ4v) is 2.25. The summed E-state index contributed by atoms with van der Waals surface area (Å²) in [6, 6.07) is 5.15. The molecular weight excluding hydrogens is 260 g/mol. The van der Waals surface area contributed by atoms with Crippen molar-refractivity contribution < 1.29 is 9.90 Å². The van der Waals surface area contributed by atoms with Crippen molar-refractivity contribution in [3.63, 3.8) is 0 Å². The smallest absolute Gasteiger partial charge is 0.345 e. The Hall–Kier alpha value is -1.59. The third-order valence-electron chi connectivity index (χ3n) is 2.04. The minimum absolute atomic E-state index is 0.339. The van der Waals surface area contributed by atoms with Crippen LogP contribution in [0.25, 0.3) is 0 Å². The number of carbonyl (C=O) groups is 1. The summed E-state index contributed by atoms with van der Waals surface area (Å²) in [4.78, 5) is 15.9. The number of carboxylic acids is 1. The molecule has 0 fully saturated rings. The Morgan fingerprint density at radius 2 is 2.29 bits per heavy atom. The van der Waals surface area contributed by atoms with Gasteiger partial charge >= 0.3 is 5.97 Å². The van der Waals surface area contributed by atoms with Gasteiger partial charge in [-0.2, -0.15) is 0 Å². The van der Waals surface area contributed by atoms with Crippen LogP contribution in [0.3, 0.4) is 0 Å². The number of nitrogens with zero attached hydrogens (tertiary/aromatic N) is 1. The summed E-state index contributed by atoms with van der Waals surface area (Å²) in [5.41, 5.74) is 0.808. The zero-order valence-corrected chi connectivity index (χ0v) is 10.3. The Bertz CT molecular complexity index is 542. The highest BCUT2D eigenvalue weighted by Crippen LogP contribution is 2.19. The van der Waals surface area contributed by atoms with Gasteiger partial charge < -0.3 is 10.4 Å². The van der Waals surface area contributed by atoms with E-state index < -0.39 is 5.97 Å². The molecule has 0 amide bonds. The normalized spacial score (nSPS) is 10.2. The van der Waals surface area contributed by atoms with E-state index >= 15 is 0 Å². The van der Waals surface area contributed by atoms with Gasteiger partial charge in [-0.25, -0.2) is 4.79 Å². The minimum Gasteiger partial charge on any atom is -0.477 e. The van der Waals surface area contributed by atoms with Crippen molar-refractivity contribution in [2.24, 2.45) is 0 Å². The van der Waals surface area contributed by atoms with Crippen molar-refractivity contribution in [2.45, 2.75) is 6.54 Å². The Morgan fingerprint density at radius 1 is 1.47 bits per heavy atom. The molecule has 0 spiro atoms. The molecule has 0 bridgehead atoms. The van der Waals surface area contributed by atoms with Crippen molar-refractivity contribution in [3.05, 3.63) is 45.4 Å². The van der Waals surface area contributed by atoms with Crippen LogP contribution in [0.2, 0.25) is 5.02 Å². The lowest BCUT2D eigenvalue weighted by atomic mass is 10.4. The lowest BCUT2D eigenvalue weighted by Crippen LogP contribution is -1.97. The quantitative estimate of drug-likeness (QED) is 0.894. The van der Waals surface area contributed by atoms with Crippen LogP contribution in [0.5, 0.6) is 0 Å². The maximum atomic E-state index is 10.7. The molecule has 2 aromatic heterocycles. The van der Waals surface area contributed by atoms with Gasteiger partial charge in [0.2, 0.25) is 0 Å². The number of nitrogens with one attached hydrogen (secondary N) is 1. The highest BCUT2D eigenvalue weighted by molar-refractivity contribution is 7.13. The molecule has 2 heterocycles. The highest BCUT2D eigenvalue weighted by atomic mass is 35.5. The summed E-state index contributed by atoms with van der Waals surface area (Å²) in [7, 11) is 0. The van der Waals surface area contributed by atoms with Crippen LogP contribution in [0.4, 0.5) is 5.69 Å². The first kappa shape index (κ1) is 11.9. The van der Waals surface area contributed by atoms with Crippen LogP contribution >= 0.6 is 22.9 Å². The molecule has 17 heavy (non-hydrogen) atoms. The molecular formula is C11H9ClN2O2S. The monoisotopic (exact) mass is 268 g/mol. The number of carboxylic acid groups (broad SMARTS) is 1. The van der Waals surface area contributed by atoms with E-state index in [0.29, 0.717) is 16.4 Å². The number of rotatable bonds is 4. The third-order valence-corrected chi connectivity index (χ3v) is 3.32. The van der Waals surface area contributed by atoms with Gasteiger partial charge in [0.15, 0.2) is 0 Å². The van der Waals surface area contributed by atoms with E-state index in [0.717, 1.165) is 10.6 Å². The van der Waals surface area contributed by atoms with Crippen molar-refractivity contribution in [3.8, 4) is 0 Å². The van der Waals surface area contributed by atoms with Crippen molar-refractivity contribution >= 4 is 34.6 Å². The number of anilines is 1. The maximum absolute atomic E-state index is 10.7. The average molecular weight is 269 g/mol. The molecule has 2 rings (SSSR count). The van der Waals surface area contributed by atoms with E-state index in [-0.39, 0.29) is 0 Å². The topological polar surface area (TPSA) is 62.2 Å². The van der Waals surface area contributed by atoms with E-state index in [1.807, 2.05) is 0 Å². The van der Waals surface area contributed by atoms with Crippen LogP contribution in [-0.2, 0) is 6.54 Å². The average Bonchev–Trinajstić information content (AvgIpc) is 2.75. The largest absolute Gasteiger partial charge is 0.477 e. The Balaban J connectivity index is 2.00. The van der Waals surface area contributed by atoms with Crippen LogP contribution in [0.15, 0.2) is 30.6 Å². The second-order valence-electron chi connectivity index (χ2n) is 3.32. The molecule has 0 aliphatic rings. The predicted octanol–water partition coefficient (Wildman–Crippen LogP) is 3.11. The predicted molar refractivity (Wildman–Crippen MR) is 67.9 cm³/mol. The molecule has 0 aromatic carbocycles. The lowest BCUT2D eigenvalue weighted by molar-refractivity contribution is 0.0702.